The smallest absolute Gasteiger partial charge is 0.327 e. The molecule has 7 nitrogen and oxygen atoms in total. The van der Waals surface area contributed by atoms with Gasteiger partial charge in [0.1, 0.15) is 18.0 Å². The summed E-state index contributed by atoms with van der Waals surface area (Å²) < 4.78 is 35.8. The molecule has 2 aromatic heterocycles. The van der Waals surface area contributed by atoms with Crippen molar-refractivity contribution in [2.45, 2.75) is 38.2 Å². The molecule has 4 rings (SSSR count). The number of benzene rings is 2. The number of halogens is 2. The number of ether oxygens (including phenoxy) is 1. The maximum absolute atomic E-state index is 13.7. The third kappa shape index (κ3) is 5.67. The van der Waals surface area contributed by atoms with Crippen LogP contribution in [-0.4, -0.2) is 36.1 Å². The fraction of sp³-hybridized carbons (Fsp3) is 0.231. The Morgan fingerprint density at radius 2 is 1.72 bits per heavy atom. The minimum absolute atomic E-state index is 0.134. The number of fused-ring (bicyclic) bond motifs is 1. The van der Waals surface area contributed by atoms with E-state index in [1.54, 1.807) is 39.0 Å². The zero-order valence-electron chi connectivity index (χ0n) is 20.2. The third-order valence-electron chi connectivity index (χ3n) is 5.20. The molecule has 2 heterocycles. The van der Waals surface area contributed by atoms with E-state index in [0.29, 0.717) is 5.69 Å². The second-order valence-corrected chi connectivity index (χ2v) is 12.0. The number of carbonyl (C=O) groups excluding carboxylic acids is 1. The summed E-state index contributed by atoms with van der Waals surface area (Å²) >= 11 is 12.2. The van der Waals surface area contributed by atoms with Crippen LogP contribution in [0, 0.1) is 6.92 Å². The summed E-state index contributed by atoms with van der Waals surface area (Å²) in [5.41, 5.74) is 1.21. The first-order chi connectivity index (χ1) is 16.8. The molecule has 0 aliphatic heterocycles. The number of aromatic nitrogens is 2. The molecule has 188 valence electrons. The Morgan fingerprint density at radius 1 is 1.03 bits per heavy atom. The van der Waals surface area contributed by atoms with Crippen molar-refractivity contribution >= 4 is 55.8 Å². The molecule has 0 aliphatic rings. The van der Waals surface area contributed by atoms with Gasteiger partial charge in [0, 0.05) is 27.3 Å². The quantitative estimate of drug-likeness (QED) is 0.270. The van der Waals surface area contributed by atoms with E-state index in [1.165, 1.54) is 18.2 Å². The van der Waals surface area contributed by atoms with Gasteiger partial charge in [-0.15, -0.1) is 0 Å². The van der Waals surface area contributed by atoms with Gasteiger partial charge in [-0.05, 0) is 82.3 Å². The summed E-state index contributed by atoms with van der Waals surface area (Å²) in [5, 5.41) is 1.09. The highest BCUT2D eigenvalue weighted by Crippen LogP contribution is 2.31. The van der Waals surface area contributed by atoms with E-state index in [0.717, 1.165) is 26.7 Å². The summed E-state index contributed by atoms with van der Waals surface area (Å²) in [4.78, 5) is 17.2. The van der Waals surface area contributed by atoms with E-state index < -0.39 is 28.1 Å². The average molecular weight is 546 g/mol. The number of hydrogen-bond donors (Lipinski definition) is 0. The lowest BCUT2D eigenvalue weighted by Gasteiger charge is -2.26. The Balaban J connectivity index is 1.81. The van der Waals surface area contributed by atoms with Gasteiger partial charge >= 0.3 is 5.97 Å². The number of aryl methyl sites for hydroxylation is 1. The minimum atomic E-state index is -4.22. The van der Waals surface area contributed by atoms with Gasteiger partial charge in [-0.3, -0.25) is 9.10 Å². The molecule has 0 bridgehead atoms. The van der Waals surface area contributed by atoms with Gasteiger partial charge in [0.25, 0.3) is 10.0 Å². The highest BCUT2D eigenvalue weighted by Gasteiger charge is 2.30. The Morgan fingerprint density at radius 3 is 2.36 bits per heavy atom. The largest absolute Gasteiger partial charge is 0.459 e. The molecule has 0 fully saturated rings. The van der Waals surface area contributed by atoms with E-state index in [4.69, 9.17) is 27.9 Å². The molecule has 0 amide bonds. The first-order valence-corrected chi connectivity index (χ1v) is 13.3. The number of esters is 1. The molecule has 0 N–H and O–H groups in total. The van der Waals surface area contributed by atoms with Gasteiger partial charge in [-0.2, -0.15) is 0 Å². The molecule has 0 unspecified atom stereocenters. The number of hydrogen-bond acceptors (Lipinski definition) is 5. The van der Waals surface area contributed by atoms with Gasteiger partial charge in [-0.1, -0.05) is 29.3 Å². The molecule has 0 saturated heterocycles. The lowest BCUT2D eigenvalue weighted by atomic mass is 10.2. The van der Waals surface area contributed by atoms with E-state index in [1.807, 2.05) is 42.0 Å². The predicted molar refractivity (Wildman–Crippen MR) is 143 cm³/mol. The number of rotatable bonds is 6. The minimum Gasteiger partial charge on any atom is -0.459 e. The monoisotopic (exact) mass is 545 g/mol. The van der Waals surface area contributed by atoms with Crippen molar-refractivity contribution in [3.63, 3.8) is 0 Å². The summed E-state index contributed by atoms with van der Waals surface area (Å²) in [5.74, 6) is 0.0466. The maximum atomic E-state index is 13.7. The molecule has 0 saturated carbocycles. The third-order valence-corrected chi connectivity index (χ3v) is 7.39. The Hall–Kier alpha value is -3.07. The van der Waals surface area contributed by atoms with Gasteiger partial charge < -0.3 is 9.30 Å². The molecule has 0 radical (unpaired) electrons. The Kier molecular flexibility index (Phi) is 7.05. The van der Waals surface area contributed by atoms with E-state index in [2.05, 4.69) is 4.98 Å². The number of pyridine rings is 1. The summed E-state index contributed by atoms with van der Waals surface area (Å²) in [6, 6.07) is 16.7. The van der Waals surface area contributed by atoms with Crippen LogP contribution in [0.4, 0.5) is 5.69 Å². The molecule has 2 aromatic carbocycles. The van der Waals surface area contributed by atoms with Crippen LogP contribution in [0.5, 0.6) is 0 Å². The second-order valence-electron chi connectivity index (χ2n) is 9.27. The predicted octanol–water partition coefficient (Wildman–Crippen LogP) is 6.18. The lowest BCUT2D eigenvalue weighted by molar-refractivity contribution is -0.152. The van der Waals surface area contributed by atoms with Crippen molar-refractivity contribution in [3.05, 3.63) is 82.6 Å². The molecular weight excluding hydrogens is 521 g/mol. The van der Waals surface area contributed by atoms with Gasteiger partial charge in [0.05, 0.1) is 16.1 Å². The second kappa shape index (κ2) is 9.76. The van der Waals surface area contributed by atoms with Gasteiger partial charge in [-0.25, -0.2) is 13.4 Å². The number of carbonyl (C=O) groups is 1. The van der Waals surface area contributed by atoms with Crippen molar-refractivity contribution in [1.82, 2.24) is 9.55 Å². The van der Waals surface area contributed by atoms with Crippen molar-refractivity contribution in [1.29, 1.82) is 0 Å². The number of sulfonamides is 1. The van der Waals surface area contributed by atoms with Crippen LogP contribution in [0.3, 0.4) is 0 Å². The molecule has 0 atom stereocenters. The lowest BCUT2D eigenvalue weighted by Crippen LogP contribution is -2.39. The molecule has 4 aromatic rings. The van der Waals surface area contributed by atoms with Crippen molar-refractivity contribution in [3.8, 4) is 5.82 Å². The van der Waals surface area contributed by atoms with Crippen LogP contribution >= 0.6 is 23.2 Å². The zero-order valence-corrected chi connectivity index (χ0v) is 22.5. The number of anilines is 1. The topological polar surface area (TPSA) is 81.5 Å². The van der Waals surface area contributed by atoms with E-state index in [9.17, 15) is 13.2 Å². The first-order valence-electron chi connectivity index (χ1n) is 11.1. The van der Waals surface area contributed by atoms with Crippen LogP contribution in [0.25, 0.3) is 16.7 Å². The zero-order chi connectivity index (χ0) is 26.3. The average Bonchev–Trinajstić information content (AvgIpc) is 3.19. The van der Waals surface area contributed by atoms with Crippen molar-refractivity contribution < 1.29 is 17.9 Å². The van der Waals surface area contributed by atoms with Crippen LogP contribution in [0.1, 0.15) is 26.5 Å². The Labute approximate surface area is 220 Å². The van der Waals surface area contributed by atoms with Gasteiger partial charge in [0.15, 0.2) is 0 Å². The van der Waals surface area contributed by atoms with Crippen LogP contribution < -0.4 is 4.31 Å². The highest BCUT2D eigenvalue weighted by atomic mass is 35.5. The number of nitrogens with zero attached hydrogens (tertiary/aromatic N) is 3. The molecule has 36 heavy (non-hydrogen) atoms. The summed E-state index contributed by atoms with van der Waals surface area (Å²) in [6.45, 7) is 6.53. The molecule has 0 spiro atoms. The van der Waals surface area contributed by atoms with Gasteiger partial charge in [0.2, 0.25) is 0 Å². The van der Waals surface area contributed by atoms with Crippen molar-refractivity contribution in [2.75, 3.05) is 10.8 Å². The molecule has 10 heteroatoms. The maximum Gasteiger partial charge on any atom is 0.327 e. The fourth-order valence-corrected chi connectivity index (χ4v) is 5.89. The standard InChI is InChI=1S/C26H25Cl2N3O4S/c1-17-6-5-7-24(29-17)30-11-10-18-12-21(8-9-23(18)30)31(16-25(32)35-26(2,3)4)36(33,34)22-14-19(27)13-20(28)15-22/h5-15H,16H2,1-4H3. The van der Waals surface area contributed by atoms with Crippen LogP contribution in [0.15, 0.2) is 71.8 Å². The van der Waals surface area contributed by atoms with E-state index >= 15 is 0 Å². The SMILES string of the molecule is Cc1cccc(-n2ccc3cc(N(CC(=O)OC(C)(C)C)S(=O)(=O)c4cc(Cl)cc(Cl)c4)ccc32)n1. The van der Waals surface area contributed by atoms with Crippen LogP contribution in [0.2, 0.25) is 10.0 Å². The summed E-state index contributed by atoms with van der Waals surface area (Å²) in [7, 11) is -4.22. The fourth-order valence-electron chi connectivity index (χ4n) is 3.76. The Bertz CT molecular complexity index is 1540. The normalized spacial score (nSPS) is 12.1. The molecular formula is C26H25Cl2N3O4S. The van der Waals surface area contributed by atoms with Crippen molar-refractivity contribution in [2.24, 2.45) is 0 Å². The molecule has 0 aliphatic carbocycles. The summed E-state index contributed by atoms with van der Waals surface area (Å²) in [6.07, 6.45) is 1.86. The highest BCUT2D eigenvalue weighted by molar-refractivity contribution is 7.92. The van der Waals surface area contributed by atoms with Crippen LogP contribution in [-0.2, 0) is 19.6 Å². The first kappa shape index (κ1) is 26.0. The van der Waals surface area contributed by atoms with E-state index in [-0.39, 0.29) is 14.9 Å².